The predicted octanol–water partition coefficient (Wildman–Crippen LogP) is 1.61. The zero-order valence-electron chi connectivity index (χ0n) is 10.4. The zero-order valence-corrected chi connectivity index (χ0v) is 10.4. The summed E-state index contributed by atoms with van der Waals surface area (Å²) in [4.78, 5) is 5.13. The summed E-state index contributed by atoms with van der Waals surface area (Å²) in [7, 11) is 0. The Morgan fingerprint density at radius 2 is 1.56 bits per heavy atom. The standard InChI is InChI=1S/C13H25N2O/c16-12-5-13-3-10-15(11-4-13)9-2-8-14-6-1-7-14/h13H,1-12H2. The van der Waals surface area contributed by atoms with Crippen molar-refractivity contribution in [2.24, 2.45) is 5.92 Å². The maximum atomic E-state index is 10.5. The normalized spacial score (nSPS) is 24.6. The molecule has 2 aliphatic rings. The summed E-state index contributed by atoms with van der Waals surface area (Å²) >= 11 is 0. The molecule has 1 radical (unpaired) electrons. The van der Waals surface area contributed by atoms with E-state index in [2.05, 4.69) is 9.80 Å². The Kier molecular flexibility index (Phi) is 5.07. The Morgan fingerprint density at radius 1 is 0.938 bits per heavy atom. The van der Waals surface area contributed by atoms with E-state index in [0.717, 1.165) is 12.3 Å². The van der Waals surface area contributed by atoms with Crippen LogP contribution < -0.4 is 0 Å². The first-order valence-electron chi connectivity index (χ1n) is 6.91. The molecule has 16 heavy (non-hydrogen) atoms. The summed E-state index contributed by atoms with van der Waals surface area (Å²) in [5.41, 5.74) is 0. The van der Waals surface area contributed by atoms with Gasteiger partial charge in [-0.05, 0) is 77.3 Å². The van der Waals surface area contributed by atoms with Crippen LogP contribution in [0.4, 0.5) is 0 Å². The number of likely N-dealkylation sites (tertiary alicyclic amines) is 2. The summed E-state index contributed by atoms with van der Waals surface area (Å²) in [5, 5.41) is 10.5. The van der Waals surface area contributed by atoms with E-state index in [4.69, 9.17) is 0 Å². The first-order valence-corrected chi connectivity index (χ1v) is 6.91. The lowest BCUT2D eigenvalue weighted by atomic mass is 9.94. The molecule has 3 nitrogen and oxygen atoms in total. The lowest BCUT2D eigenvalue weighted by molar-refractivity contribution is 0.121. The third kappa shape index (κ3) is 3.72. The fraction of sp³-hybridized carbons (Fsp3) is 1.00. The minimum Gasteiger partial charge on any atom is -0.303 e. The van der Waals surface area contributed by atoms with E-state index in [9.17, 15) is 5.11 Å². The SMILES string of the molecule is [O]CCC1CCN(CCCN2CCC2)CC1. The van der Waals surface area contributed by atoms with Gasteiger partial charge in [0.15, 0.2) is 0 Å². The average molecular weight is 225 g/mol. The van der Waals surface area contributed by atoms with Gasteiger partial charge >= 0.3 is 0 Å². The first-order chi connectivity index (χ1) is 7.88. The van der Waals surface area contributed by atoms with E-state index in [1.807, 2.05) is 0 Å². The second-order valence-corrected chi connectivity index (χ2v) is 5.33. The van der Waals surface area contributed by atoms with Gasteiger partial charge in [-0.1, -0.05) is 0 Å². The lowest BCUT2D eigenvalue weighted by Crippen LogP contribution is -2.40. The number of hydrogen-bond acceptors (Lipinski definition) is 2. The quantitative estimate of drug-likeness (QED) is 0.686. The Balaban J connectivity index is 1.51. The molecule has 0 aromatic rings. The number of rotatable bonds is 6. The molecule has 93 valence electrons. The topological polar surface area (TPSA) is 26.4 Å². The van der Waals surface area contributed by atoms with Crippen LogP contribution in [-0.2, 0) is 5.11 Å². The molecule has 0 unspecified atom stereocenters. The van der Waals surface area contributed by atoms with Gasteiger partial charge in [0.05, 0.1) is 6.61 Å². The van der Waals surface area contributed by atoms with Crippen LogP contribution in [0.5, 0.6) is 0 Å². The van der Waals surface area contributed by atoms with E-state index in [-0.39, 0.29) is 6.61 Å². The Hall–Kier alpha value is -0.120. The monoisotopic (exact) mass is 225 g/mol. The van der Waals surface area contributed by atoms with Crippen LogP contribution in [-0.4, -0.2) is 55.7 Å². The van der Waals surface area contributed by atoms with Crippen molar-refractivity contribution in [1.29, 1.82) is 0 Å². The van der Waals surface area contributed by atoms with Gasteiger partial charge < -0.3 is 9.80 Å². The Morgan fingerprint density at radius 3 is 2.06 bits per heavy atom. The maximum absolute atomic E-state index is 10.5. The Bertz CT molecular complexity index is 186. The zero-order chi connectivity index (χ0) is 11.2. The highest BCUT2D eigenvalue weighted by molar-refractivity contribution is 4.73. The molecule has 0 amide bonds. The van der Waals surface area contributed by atoms with Gasteiger partial charge in [0.2, 0.25) is 0 Å². The fourth-order valence-corrected chi connectivity index (χ4v) is 2.79. The molecule has 2 aliphatic heterocycles. The van der Waals surface area contributed by atoms with Crippen molar-refractivity contribution in [3.8, 4) is 0 Å². The van der Waals surface area contributed by atoms with Crippen molar-refractivity contribution in [3.05, 3.63) is 0 Å². The molecule has 0 aromatic carbocycles. The van der Waals surface area contributed by atoms with Crippen molar-refractivity contribution in [1.82, 2.24) is 9.80 Å². The summed E-state index contributed by atoms with van der Waals surface area (Å²) in [5.74, 6) is 0.726. The molecule has 0 saturated carbocycles. The summed E-state index contributed by atoms with van der Waals surface area (Å²) in [6, 6.07) is 0. The van der Waals surface area contributed by atoms with Gasteiger partial charge in [-0.25, -0.2) is 5.11 Å². The highest BCUT2D eigenvalue weighted by Gasteiger charge is 2.19. The number of hydrogen-bond donors (Lipinski definition) is 0. The van der Waals surface area contributed by atoms with Crippen LogP contribution in [0.1, 0.15) is 32.1 Å². The van der Waals surface area contributed by atoms with Gasteiger partial charge in [0.25, 0.3) is 0 Å². The van der Waals surface area contributed by atoms with E-state index < -0.39 is 0 Å². The Labute approximate surface area is 99.4 Å². The van der Waals surface area contributed by atoms with E-state index >= 15 is 0 Å². The number of nitrogens with zero attached hydrogens (tertiary/aromatic N) is 2. The average Bonchev–Trinajstić information content (AvgIpc) is 2.24. The van der Waals surface area contributed by atoms with Crippen molar-refractivity contribution < 1.29 is 5.11 Å². The molecular weight excluding hydrogens is 200 g/mol. The molecule has 2 heterocycles. The molecule has 0 atom stereocenters. The van der Waals surface area contributed by atoms with Crippen molar-refractivity contribution in [2.45, 2.75) is 32.1 Å². The molecule has 2 fully saturated rings. The molecule has 2 rings (SSSR count). The minimum atomic E-state index is 0.125. The van der Waals surface area contributed by atoms with Crippen LogP contribution in [0.2, 0.25) is 0 Å². The fourth-order valence-electron chi connectivity index (χ4n) is 2.79. The second-order valence-electron chi connectivity index (χ2n) is 5.33. The highest BCUT2D eigenvalue weighted by atomic mass is 16.3. The largest absolute Gasteiger partial charge is 0.303 e. The molecule has 0 aromatic heterocycles. The van der Waals surface area contributed by atoms with E-state index in [1.165, 1.54) is 65.0 Å². The summed E-state index contributed by atoms with van der Waals surface area (Å²) in [6.07, 6.45) is 6.15. The van der Waals surface area contributed by atoms with Gasteiger partial charge in [-0.15, -0.1) is 0 Å². The predicted molar refractivity (Wildman–Crippen MR) is 65.0 cm³/mol. The van der Waals surface area contributed by atoms with Crippen LogP contribution in [0.15, 0.2) is 0 Å². The highest BCUT2D eigenvalue weighted by Crippen LogP contribution is 2.20. The molecule has 3 heteroatoms. The maximum Gasteiger partial charge on any atom is 0.0825 e. The number of piperidine rings is 1. The smallest absolute Gasteiger partial charge is 0.0825 e. The van der Waals surface area contributed by atoms with E-state index in [1.54, 1.807) is 0 Å². The molecule has 0 spiro atoms. The minimum absolute atomic E-state index is 0.125. The van der Waals surface area contributed by atoms with Crippen molar-refractivity contribution in [2.75, 3.05) is 45.9 Å². The molecular formula is C13H25N2O. The third-order valence-electron chi connectivity index (χ3n) is 4.13. The van der Waals surface area contributed by atoms with Crippen molar-refractivity contribution >= 4 is 0 Å². The van der Waals surface area contributed by atoms with Crippen LogP contribution in [0, 0.1) is 5.92 Å². The summed E-state index contributed by atoms with van der Waals surface area (Å²) in [6.45, 7) is 7.78. The van der Waals surface area contributed by atoms with Crippen molar-refractivity contribution in [3.63, 3.8) is 0 Å². The van der Waals surface area contributed by atoms with Gasteiger partial charge in [0.1, 0.15) is 0 Å². The molecule has 0 N–H and O–H groups in total. The van der Waals surface area contributed by atoms with Crippen LogP contribution >= 0.6 is 0 Å². The lowest BCUT2D eigenvalue weighted by Gasteiger charge is -2.34. The second kappa shape index (κ2) is 6.58. The molecule has 0 bridgehead atoms. The molecule has 2 saturated heterocycles. The van der Waals surface area contributed by atoms with Gasteiger partial charge in [0, 0.05) is 0 Å². The van der Waals surface area contributed by atoms with Crippen LogP contribution in [0.3, 0.4) is 0 Å². The first kappa shape index (κ1) is 12.3. The van der Waals surface area contributed by atoms with Crippen LogP contribution in [0.25, 0.3) is 0 Å². The summed E-state index contributed by atoms with van der Waals surface area (Å²) < 4.78 is 0. The van der Waals surface area contributed by atoms with E-state index in [0.29, 0.717) is 0 Å². The molecule has 0 aliphatic carbocycles. The third-order valence-corrected chi connectivity index (χ3v) is 4.13. The van der Waals surface area contributed by atoms with Gasteiger partial charge in [-0.2, -0.15) is 0 Å². The van der Waals surface area contributed by atoms with Gasteiger partial charge in [-0.3, -0.25) is 0 Å².